The lowest BCUT2D eigenvalue weighted by Gasteiger charge is -2.12. The van der Waals surface area contributed by atoms with Crippen LogP contribution in [-0.4, -0.2) is 58.7 Å². The highest BCUT2D eigenvalue weighted by molar-refractivity contribution is 6.02. The van der Waals surface area contributed by atoms with Crippen LogP contribution >= 0.6 is 0 Å². The molecule has 0 fully saturated rings. The highest BCUT2D eigenvalue weighted by Gasteiger charge is 2.17. The van der Waals surface area contributed by atoms with E-state index in [1.165, 1.54) is 38.5 Å². The molecule has 1 amide bonds. The molecule has 0 unspecified atom stereocenters. The predicted molar refractivity (Wildman–Crippen MR) is 123 cm³/mol. The molecule has 0 aromatic heterocycles. The van der Waals surface area contributed by atoms with Gasteiger partial charge in [0.2, 0.25) is 0 Å². The molecule has 0 aliphatic rings. The Morgan fingerprint density at radius 1 is 0.971 bits per heavy atom. The van der Waals surface area contributed by atoms with E-state index in [1.807, 2.05) is 31.1 Å². The van der Waals surface area contributed by atoms with E-state index in [4.69, 9.17) is 4.74 Å². The van der Waals surface area contributed by atoms with Gasteiger partial charge in [-0.25, -0.2) is 14.4 Å². The summed E-state index contributed by atoms with van der Waals surface area (Å²) in [5, 5.41) is 11.7. The third-order valence-corrected chi connectivity index (χ3v) is 4.45. The number of amides is 1. The van der Waals surface area contributed by atoms with Crippen molar-refractivity contribution in [2.45, 2.75) is 0 Å². The van der Waals surface area contributed by atoms with Crippen LogP contribution < -0.4 is 10.2 Å². The number of nitriles is 1. The monoisotopic (exact) mass is 465 g/mol. The molecule has 2 aromatic rings. The number of methoxy groups -OCH3 is 2. The number of hydrogen-bond acceptors (Lipinski definition) is 9. The Hall–Kier alpha value is -4.65. The van der Waals surface area contributed by atoms with E-state index in [0.29, 0.717) is 5.56 Å². The van der Waals surface area contributed by atoms with E-state index in [9.17, 15) is 24.4 Å². The first-order valence-electron chi connectivity index (χ1n) is 9.86. The van der Waals surface area contributed by atoms with Crippen molar-refractivity contribution in [2.75, 3.05) is 45.1 Å². The summed E-state index contributed by atoms with van der Waals surface area (Å²) in [5.41, 5.74) is 1.37. The van der Waals surface area contributed by atoms with Gasteiger partial charge in [-0.1, -0.05) is 12.1 Å². The number of carbonyl (C=O) groups is 4. The van der Waals surface area contributed by atoms with Gasteiger partial charge in [0.05, 0.1) is 25.3 Å². The number of anilines is 2. The highest BCUT2D eigenvalue weighted by atomic mass is 16.5. The number of hydrogen-bond donors (Lipinski definition) is 1. The Kier molecular flexibility index (Phi) is 8.91. The molecule has 0 saturated heterocycles. The van der Waals surface area contributed by atoms with Crippen molar-refractivity contribution in [3.05, 3.63) is 64.7 Å². The molecule has 0 aliphatic carbocycles. The van der Waals surface area contributed by atoms with E-state index in [0.717, 1.165) is 5.69 Å². The van der Waals surface area contributed by atoms with E-state index in [2.05, 4.69) is 14.8 Å². The summed E-state index contributed by atoms with van der Waals surface area (Å²) in [6.45, 7) is -0.701. The minimum absolute atomic E-state index is 0.00711. The summed E-state index contributed by atoms with van der Waals surface area (Å²) in [5.74, 6) is -3.18. The molecular weight excluding hydrogens is 442 g/mol. The molecule has 34 heavy (non-hydrogen) atoms. The van der Waals surface area contributed by atoms with E-state index >= 15 is 0 Å². The molecule has 0 heterocycles. The first kappa shape index (κ1) is 25.6. The number of nitrogens with one attached hydrogen (secondary N) is 1. The number of rotatable bonds is 8. The van der Waals surface area contributed by atoms with Gasteiger partial charge in [0, 0.05) is 25.5 Å². The van der Waals surface area contributed by atoms with Crippen LogP contribution in [0, 0.1) is 11.3 Å². The van der Waals surface area contributed by atoms with Crippen LogP contribution in [0.4, 0.5) is 11.4 Å². The summed E-state index contributed by atoms with van der Waals surface area (Å²) >= 11 is 0. The van der Waals surface area contributed by atoms with Gasteiger partial charge in [-0.3, -0.25) is 4.79 Å². The van der Waals surface area contributed by atoms with Crippen LogP contribution in [0.5, 0.6) is 0 Å². The summed E-state index contributed by atoms with van der Waals surface area (Å²) in [6, 6.07) is 12.7. The fourth-order valence-corrected chi connectivity index (χ4v) is 2.75. The lowest BCUT2D eigenvalue weighted by molar-refractivity contribution is -0.142. The quantitative estimate of drug-likeness (QED) is 0.270. The number of ether oxygens (including phenoxy) is 3. The van der Waals surface area contributed by atoms with Gasteiger partial charge in [-0.15, -0.1) is 0 Å². The molecule has 0 atom stereocenters. The van der Waals surface area contributed by atoms with Crippen LogP contribution in [0.15, 0.2) is 48.0 Å². The summed E-state index contributed by atoms with van der Waals surface area (Å²) < 4.78 is 14.2. The molecule has 0 aliphatic heterocycles. The lowest BCUT2D eigenvalue weighted by Crippen LogP contribution is -2.22. The molecule has 2 aromatic carbocycles. The van der Waals surface area contributed by atoms with Gasteiger partial charge < -0.3 is 24.4 Å². The molecule has 10 heteroatoms. The summed E-state index contributed by atoms with van der Waals surface area (Å²) in [4.78, 5) is 50.1. The van der Waals surface area contributed by atoms with Crippen LogP contribution in [0.2, 0.25) is 0 Å². The maximum absolute atomic E-state index is 12.3. The molecule has 2 rings (SSSR count). The third kappa shape index (κ3) is 6.93. The van der Waals surface area contributed by atoms with Crippen molar-refractivity contribution >= 4 is 41.3 Å². The fourth-order valence-electron chi connectivity index (χ4n) is 2.75. The first-order valence-corrected chi connectivity index (χ1v) is 9.86. The molecule has 176 valence electrons. The molecule has 0 spiro atoms. The Morgan fingerprint density at radius 2 is 1.53 bits per heavy atom. The molecule has 0 bridgehead atoms. The lowest BCUT2D eigenvalue weighted by atomic mass is 10.1. The predicted octanol–water partition coefficient (Wildman–Crippen LogP) is 2.41. The van der Waals surface area contributed by atoms with Crippen molar-refractivity contribution in [2.24, 2.45) is 0 Å². The topological polar surface area (TPSA) is 135 Å². The van der Waals surface area contributed by atoms with Gasteiger partial charge >= 0.3 is 17.9 Å². The van der Waals surface area contributed by atoms with Crippen molar-refractivity contribution in [3.63, 3.8) is 0 Å². The van der Waals surface area contributed by atoms with Crippen molar-refractivity contribution in [3.8, 4) is 6.07 Å². The largest absolute Gasteiger partial charge is 0.465 e. The van der Waals surface area contributed by atoms with Crippen molar-refractivity contribution in [1.82, 2.24) is 0 Å². The zero-order chi connectivity index (χ0) is 25.3. The Morgan fingerprint density at radius 3 is 2.00 bits per heavy atom. The minimum Gasteiger partial charge on any atom is -0.465 e. The van der Waals surface area contributed by atoms with Gasteiger partial charge in [-0.2, -0.15) is 5.26 Å². The molecule has 0 radical (unpaired) electrons. The smallest absolute Gasteiger partial charge is 0.349 e. The van der Waals surface area contributed by atoms with Crippen LogP contribution in [-0.2, 0) is 23.8 Å². The van der Waals surface area contributed by atoms with E-state index in [1.54, 1.807) is 18.2 Å². The first-order chi connectivity index (χ1) is 16.2. The zero-order valence-electron chi connectivity index (χ0n) is 19.1. The Balaban J connectivity index is 2.08. The van der Waals surface area contributed by atoms with Crippen LogP contribution in [0.3, 0.4) is 0 Å². The normalized spacial score (nSPS) is 10.5. The average Bonchev–Trinajstić information content (AvgIpc) is 2.84. The molecular formula is C24H23N3O7. The second kappa shape index (κ2) is 11.8. The number of benzene rings is 2. The second-order valence-electron chi connectivity index (χ2n) is 7.06. The number of carbonyl (C=O) groups excluding carboxylic acids is 4. The molecule has 10 nitrogen and oxygen atoms in total. The Labute approximate surface area is 196 Å². The summed E-state index contributed by atoms with van der Waals surface area (Å²) in [6.07, 6.45) is 1.35. The van der Waals surface area contributed by atoms with Gasteiger partial charge in [0.15, 0.2) is 6.61 Å². The Bertz CT molecular complexity index is 1130. The fraction of sp³-hybridized carbons (Fsp3) is 0.208. The zero-order valence-corrected chi connectivity index (χ0v) is 19.1. The highest BCUT2D eigenvalue weighted by Crippen LogP contribution is 2.18. The number of nitrogens with zero attached hydrogens (tertiary/aromatic N) is 2. The number of esters is 3. The van der Waals surface area contributed by atoms with Gasteiger partial charge in [-0.05, 0) is 42.0 Å². The third-order valence-electron chi connectivity index (χ3n) is 4.45. The van der Waals surface area contributed by atoms with Crippen LogP contribution in [0.25, 0.3) is 6.08 Å². The maximum Gasteiger partial charge on any atom is 0.349 e. The standard InChI is InChI=1S/C24H23N3O7/c1-27(2)20-7-5-15(6-8-20)9-18(13-25)24(31)34-14-21(28)26-19-11-16(22(29)32-3)10-17(12-19)23(30)33-4/h5-12H,14H2,1-4H3,(H,26,28)/b18-9+. The van der Waals surface area contributed by atoms with Crippen molar-refractivity contribution < 1.29 is 33.4 Å². The summed E-state index contributed by atoms with van der Waals surface area (Å²) in [7, 11) is 6.11. The molecule has 1 N–H and O–H groups in total. The van der Waals surface area contributed by atoms with Gasteiger partial charge in [0.25, 0.3) is 5.91 Å². The van der Waals surface area contributed by atoms with Gasteiger partial charge in [0.1, 0.15) is 11.6 Å². The van der Waals surface area contributed by atoms with E-state index in [-0.39, 0.29) is 22.4 Å². The van der Waals surface area contributed by atoms with E-state index < -0.39 is 30.4 Å². The minimum atomic E-state index is -0.979. The average molecular weight is 465 g/mol. The maximum atomic E-state index is 12.3. The van der Waals surface area contributed by atoms with Crippen molar-refractivity contribution in [1.29, 1.82) is 5.26 Å². The second-order valence-corrected chi connectivity index (χ2v) is 7.06. The van der Waals surface area contributed by atoms with Crippen LogP contribution in [0.1, 0.15) is 26.3 Å². The SMILES string of the molecule is COC(=O)c1cc(NC(=O)COC(=O)/C(C#N)=C/c2ccc(N(C)C)cc2)cc(C(=O)OC)c1. The molecule has 0 saturated carbocycles.